The number of hydrogen-bond acceptors (Lipinski definition) is 2. The Kier molecular flexibility index (Phi) is 4.25. The average Bonchev–Trinajstić information content (AvgIpc) is 2.61. The van der Waals surface area contributed by atoms with Gasteiger partial charge in [0.25, 0.3) is 6.43 Å². The van der Waals surface area contributed by atoms with Crippen LogP contribution in [0, 0.1) is 11.8 Å². The molecule has 1 aliphatic carbocycles. The molecule has 0 radical (unpaired) electrons. The molecule has 2 atom stereocenters. The van der Waals surface area contributed by atoms with E-state index in [0.29, 0.717) is 6.54 Å². The van der Waals surface area contributed by atoms with Crippen LogP contribution in [-0.2, 0) is 4.79 Å². The van der Waals surface area contributed by atoms with E-state index < -0.39 is 13.0 Å². The Morgan fingerprint density at radius 3 is 2.79 bits per heavy atom. The molecule has 1 rings (SSSR count). The lowest BCUT2D eigenvalue weighted by atomic mass is 9.95. The number of amides is 1. The highest BCUT2D eigenvalue weighted by Crippen LogP contribution is 2.30. The highest BCUT2D eigenvalue weighted by molar-refractivity contribution is 5.79. The van der Waals surface area contributed by atoms with Gasteiger partial charge in [0.15, 0.2) is 0 Å². The molecule has 3 nitrogen and oxygen atoms in total. The van der Waals surface area contributed by atoms with Crippen LogP contribution in [0.2, 0.25) is 0 Å². The van der Waals surface area contributed by atoms with Crippen LogP contribution in [0.15, 0.2) is 0 Å². The van der Waals surface area contributed by atoms with Crippen LogP contribution in [0.3, 0.4) is 0 Å². The third-order valence-electron chi connectivity index (χ3n) is 2.73. The summed E-state index contributed by atoms with van der Waals surface area (Å²) in [5, 5.41) is 2.24. The summed E-state index contributed by atoms with van der Waals surface area (Å²) in [6.07, 6.45) is 0.200. The maximum absolute atomic E-state index is 11.8. The molecule has 3 N–H and O–H groups in total. The normalized spacial score (nSPS) is 26.9. The zero-order valence-corrected chi connectivity index (χ0v) is 8.01. The second kappa shape index (κ2) is 5.24. The first kappa shape index (κ1) is 11.4. The van der Waals surface area contributed by atoms with Crippen molar-refractivity contribution >= 4 is 5.91 Å². The molecule has 0 aromatic carbocycles. The summed E-state index contributed by atoms with van der Waals surface area (Å²) in [7, 11) is 0. The molecule has 0 aromatic heterocycles. The first-order valence-electron chi connectivity index (χ1n) is 4.91. The summed E-state index contributed by atoms with van der Waals surface area (Å²) in [6.45, 7) is -0.0839. The molecule has 0 saturated heterocycles. The summed E-state index contributed by atoms with van der Waals surface area (Å²) in [5.41, 5.74) is 5.49. The summed E-state index contributed by atoms with van der Waals surface area (Å²) in [6, 6.07) is 0. The molecule has 0 aliphatic heterocycles. The third kappa shape index (κ3) is 2.90. The Balaban J connectivity index is 2.35. The largest absolute Gasteiger partial charge is 0.350 e. The molecule has 0 heterocycles. The number of nitrogens with two attached hydrogens (primary N) is 1. The lowest BCUT2D eigenvalue weighted by Crippen LogP contribution is -2.37. The third-order valence-corrected chi connectivity index (χ3v) is 2.73. The van der Waals surface area contributed by atoms with E-state index in [0.717, 1.165) is 19.3 Å². The van der Waals surface area contributed by atoms with Crippen LogP contribution in [0.1, 0.15) is 19.3 Å². The minimum Gasteiger partial charge on any atom is -0.350 e. The molecule has 0 aromatic rings. The molecule has 0 spiro atoms. The highest BCUT2D eigenvalue weighted by atomic mass is 19.3. The minimum absolute atomic E-state index is 0.154. The lowest BCUT2D eigenvalue weighted by molar-refractivity contribution is -0.126. The van der Waals surface area contributed by atoms with E-state index in [4.69, 9.17) is 5.73 Å². The van der Waals surface area contributed by atoms with Crippen LogP contribution in [0.25, 0.3) is 0 Å². The maximum Gasteiger partial charge on any atom is 0.255 e. The monoisotopic (exact) mass is 206 g/mol. The topological polar surface area (TPSA) is 55.1 Å². The van der Waals surface area contributed by atoms with Gasteiger partial charge in [0.1, 0.15) is 0 Å². The summed E-state index contributed by atoms with van der Waals surface area (Å²) < 4.78 is 23.6. The fourth-order valence-electron chi connectivity index (χ4n) is 1.97. The van der Waals surface area contributed by atoms with Crippen LogP contribution in [0.5, 0.6) is 0 Å². The van der Waals surface area contributed by atoms with Crippen molar-refractivity contribution in [1.82, 2.24) is 5.32 Å². The number of rotatable bonds is 4. The second-order valence-electron chi connectivity index (χ2n) is 3.67. The lowest BCUT2D eigenvalue weighted by Gasteiger charge is -2.16. The van der Waals surface area contributed by atoms with E-state index in [2.05, 4.69) is 5.32 Å². The van der Waals surface area contributed by atoms with Gasteiger partial charge in [-0.25, -0.2) is 8.78 Å². The van der Waals surface area contributed by atoms with Gasteiger partial charge in [-0.15, -0.1) is 0 Å². The molecule has 5 heteroatoms. The molecule has 82 valence electrons. The van der Waals surface area contributed by atoms with Gasteiger partial charge in [0.2, 0.25) is 5.91 Å². The summed E-state index contributed by atoms with van der Waals surface area (Å²) in [5.74, 6) is -0.246. The molecular formula is C9H16F2N2O. The van der Waals surface area contributed by atoms with Gasteiger partial charge in [-0.3, -0.25) is 4.79 Å². The fraction of sp³-hybridized carbons (Fsp3) is 0.889. The van der Waals surface area contributed by atoms with Crippen molar-refractivity contribution < 1.29 is 13.6 Å². The second-order valence-corrected chi connectivity index (χ2v) is 3.67. The number of hydrogen-bond donors (Lipinski definition) is 2. The van der Waals surface area contributed by atoms with Crippen molar-refractivity contribution in [2.24, 2.45) is 17.6 Å². The van der Waals surface area contributed by atoms with Crippen molar-refractivity contribution in [3.05, 3.63) is 0 Å². The molecule has 1 saturated carbocycles. The first-order valence-corrected chi connectivity index (χ1v) is 4.91. The van der Waals surface area contributed by atoms with Gasteiger partial charge in [-0.2, -0.15) is 0 Å². The van der Waals surface area contributed by atoms with Crippen molar-refractivity contribution in [3.8, 4) is 0 Å². The van der Waals surface area contributed by atoms with Gasteiger partial charge < -0.3 is 11.1 Å². The summed E-state index contributed by atoms with van der Waals surface area (Å²) in [4.78, 5) is 11.4. The van der Waals surface area contributed by atoms with E-state index in [1.54, 1.807) is 0 Å². The Morgan fingerprint density at radius 2 is 2.21 bits per heavy atom. The van der Waals surface area contributed by atoms with Crippen molar-refractivity contribution in [3.63, 3.8) is 0 Å². The maximum atomic E-state index is 11.8. The smallest absolute Gasteiger partial charge is 0.255 e. The quantitative estimate of drug-likeness (QED) is 0.713. The molecule has 14 heavy (non-hydrogen) atoms. The highest BCUT2D eigenvalue weighted by Gasteiger charge is 2.31. The van der Waals surface area contributed by atoms with Crippen molar-refractivity contribution in [2.75, 3.05) is 13.1 Å². The molecule has 0 bridgehead atoms. The zero-order valence-electron chi connectivity index (χ0n) is 8.01. The average molecular weight is 206 g/mol. The van der Waals surface area contributed by atoms with E-state index in [-0.39, 0.29) is 17.7 Å². The standard InChI is InChI=1S/C9H16F2N2O/c10-8(11)5-13-9(14)7-3-1-2-6(7)4-12/h6-8H,1-5,12H2,(H,13,14)/t6-,7-/m1/s1. The van der Waals surface area contributed by atoms with Crippen molar-refractivity contribution in [1.29, 1.82) is 0 Å². The summed E-state index contributed by atoms with van der Waals surface area (Å²) >= 11 is 0. The molecule has 1 amide bonds. The van der Waals surface area contributed by atoms with Crippen LogP contribution in [-0.4, -0.2) is 25.4 Å². The number of halogens is 2. The molecule has 0 unspecified atom stereocenters. The van der Waals surface area contributed by atoms with Crippen LogP contribution < -0.4 is 11.1 Å². The van der Waals surface area contributed by atoms with Gasteiger partial charge >= 0.3 is 0 Å². The van der Waals surface area contributed by atoms with E-state index in [9.17, 15) is 13.6 Å². The van der Waals surface area contributed by atoms with E-state index in [1.165, 1.54) is 0 Å². The molecule has 1 aliphatic rings. The number of carbonyl (C=O) groups is 1. The molecular weight excluding hydrogens is 190 g/mol. The Labute approximate surface area is 82.0 Å². The van der Waals surface area contributed by atoms with Gasteiger partial charge in [0.05, 0.1) is 6.54 Å². The van der Waals surface area contributed by atoms with Gasteiger partial charge in [-0.05, 0) is 25.3 Å². The fourth-order valence-corrected chi connectivity index (χ4v) is 1.97. The predicted molar refractivity (Wildman–Crippen MR) is 48.9 cm³/mol. The van der Waals surface area contributed by atoms with Crippen molar-refractivity contribution in [2.45, 2.75) is 25.7 Å². The number of nitrogens with one attached hydrogen (secondary N) is 1. The SMILES string of the molecule is NC[C@H]1CCC[C@H]1C(=O)NCC(F)F. The van der Waals surface area contributed by atoms with E-state index in [1.807, 2.05) is 0 Å². The predicted octanol–water partition coefficient (Wildman–Crippen LogP) is 0.743. The van der Waals surface area contributed by atoms with Crippen LogP contribution >= 0.6 is 0 Å². The number of carbonyl (C=O) groups excluding carboxylic acids is 1. The zero-order chi connectivity index (χ0) is 10.6. The Morgan fingerprint density at radius 1 is 1.50 bits per heavy atom. The molecule has 1 fully saturated rings. The van der Waals surface area contributed by atoms with E-state index >= 15 is 0 Å². The van der Waals surface area contributed by atoms with Gasteiger partial charge in [0, 0.05) is 5.92 Å². The number of alkyl halides is 2. The Hall–Kier alpha value is -0.710. The Bertz CT molecular complexity index is 199. The van der Waals surface area contributed by atoms with Crippen LogP contribution in [0.4, 0.5) is 8.78 Å². The first-order chi connectivity index (χ1) is 6.65. The van der Waals surface area contributed by atoms with Gasteiger partial charge in [-0.1, -0.05) is 6.42 Å². The minimum atomic E-state index is -2.48.